The molecule has 0 spiro atoms. The Hall–Kier alpha value is -3.28. The molecule has 0 aliphatic carbocycles. The van der Waals surface area contributed by atoms with E-state index in [0.29, 0.717) is 19.7 Å². The molecular formula is C25H31N3O3. The average molecular weight is 422 g/mol. The van der Waals surface area contributed by atoms with Crippen molar-refractivity contribution in [2.45, 2.75) is 26.7 Å². The maximum absolute atomic E-state index is 12.6. The van der Waals surface area contributed by atoms with Crippen LogP contribution in [0.5, 0.6) is 5.75 Å². The number of likely N-dealkylation sites (tertiary alicyclic amines) is 1. The van der Waals surface area contributed by atoms with Crippen LogP contribution in [0, 0.1) is 12.8 Å². The second-order valence-corrected chi connectivity index (χ2v) is 7.83. The number of amides is 3. The molecule has 1 fully saturated rings. The highest BCUT2D eigenvalue weighted by Crippen LogP contribution is 2.17. The molecule has 164 valence electrons. The first-order chi connectivity index (χ1) is 15.0. The molecule has 3 rings (SSSR count). The van der Waals surface area contributed by atoms with Crippen LogP contribution in [-0.2, 0) is 4.79 Å². The fraction of sp³-hybridized carbons (Fsp3) is 0.360. The highest BCUT2D eigenvalue weighted by molar-refractivity contribution is 5.92. The number of hydrogen-bond acceptors (Lipinski definition) is 3. The van der Waals surface area contributed by atoms with Crippen LogP contribution in [0.2, 0.25) is 0 Å². The van der Waals surface area contributed by atoms with Crippen LogP contribution >= 0.6 is 0 Å². The first-order valence-corrected chi connectivity index (χ1v) is 10.8. The molecule has 0 unspecified atom stereocenters. The van der Waals surface area contributed by atoms with Crippen molar-refractivity contribution in [3.8, 4) is 5.75 Å². The minimum atomic E-state index is -0.220. The van der Waals surface area contributed by atoms with E-state index in [2.05, 4.69) is 10.6 Å². The Morgan fingerprint density at radius 1 is 1.13 bits per heavy atom. The second kappa shape index (κ2) is 11.2. The van der Waals surface area contributed by atoms with Gasteiger partial charge in [-0.05, 0) is 68.5 Å². The molecule has 2 N–H and O–H groups in total. The van der Waals surface area contributed by atoms with Gasteiger partial charge in [0, 0.05) is 31.4 Å². The summed E-state index contributed by atoms with van der Waals surface area (Å²) in [4.78, 5) is 26.6. The second-order valence-electron chi connectivity index (χ2n) is 7.83. The van der Waals surface area contributed by atoms with Gasteiger partial charge in [0.2, 0.25) is 5.91 Å². The molecule has 2 aromatic rings. The summed E-state index contributed by atoms with van der Waals surface area (Å²) in [5.41, 5.74) is 2.87. The van der Waals surface area contributed by atoms with Crippen molar-refractivity contribution >= 4 is 23.7 Å². The third-order valence-electron chi connectivity index (χ3n) is 5.30. The number of benzene rings is 2. The number of hydrogen-bond donors (Lipinski definition) is 2. The lowest BCUT2D eigenvalue weighted by Crippen LogP contribution is -2.43. The monoisotopic (exact) mass is 421 g/mol. The van der Waals surface area contributed by atoms with Crippen LogP contribution in [0.3, 0.4) is 0 Å². The van der Waals surface area contributed by atoms with Crippen molar-refractivity contribution in [2.24, 2.45) is 5.92 Å². The fourth-order valence-electron chi connectivity index (χ4n) is 3.60. The molecule has 6 heteroatoms. The van der Waals surface area contributed by atoms with Crippen molar-refractivity contribution in [3.63, 3.8) is 0 Å². The smallest absolute Gasteiger partial charge is 0.319 e. The molecule has 1 atom stereocenters. The number of nitrogens with one attached hydrogen (secondary N) is 2. The standard InChI is InChI=1S/C25H31N3O3/c1-3-31-23-13-8-20(9-14-23)10-15-24(29)28-16-4-5-21(18-28)17-26-25(30)27-22-11-6-19(2)7-12-22/h6-15,21H,3-5,16-18H2,1-2H3,(H2,26,27,30)/b15-10+/t21-/m1/s1. The zero-order chi connectivity index (χ0) is 22.1. The Balaban J connectivity index is 1.45. The predicted molar refractivity (Wildman–Crippen MR) is 124 cm³/mol. The van der Waals surface area contributed by atoms with Gasteiger partial charge in [0.15, 0.2) is 0 Å². The van der Waals surface area contributed by atoms with Crippen LogP contribution in [-0.4, -0.2) is 43.1 Å². The summed E-state index contributed by atoms with van der Waals surface area (Å²) in [6.07, 6.45) is 5.39. The van der Waals surface area contributed by atoms with Crippen molar-refractivity contribution in [2.75, 3.05) is 31.6 Å². The minimum Gasteiger partial charge on any atom is -0.494 e. The van der Waals surface area contributed by atoms with Gasteiger partial charge in [-0.2, -0.15) is 0 Å². The number of piperidine rings is 1. The molecule has 31 heavy (non-hydrogen) atoms. The van der Waals surface area contributed by atoms with Crippen LogP contribution in [0.25, 0.3) is 6.08 Å². The van der Waals surface area contributed by atoms with Crippen LogP contribution < -0.4 is 15.4 Å². The van der Waals surface area contributed by atoms with Crippen LogP contribution in [0.4, 0.5) is 10.5 Å². The van der Waals surface area contributed by atoms with Gasteiger partial charge in [0.25, 0.3) is 0 Å². The van der Waals surface area contributed by atoms with Gasteiger partial charge in [0.05, 0.1) is 6.61 Å². The van der Waals surface area contributed by atoms with Gasteiger partial charge in [-0.15, -0.1) is 0 Å². The fourth-order valence-corrected chi connectivity index (χ4v) is 3.60. The Morgan fingerprint density at radius 2 is 1.87 bits per heavy atom. The molecule has 0 bridgehead atoms. The van der Waals surface area contributed by atoms with Gasteiger partial charge in [-0.3, -0.25) is 4.79 Å². The summed E-state index contributed by atoms with van der Waals surface area (Å²) in [7, 11) is 0. The molecule has 2 aromatic carbocycles. The molecular weight excluding hydrogens is 390 g/mol. The molecule has 6 nitrogen and oxygen atoms in total. The Kier molecular flexibility index (Phi) is 8.10. The van der Waals surface area contributed by atoms with Crippen LogP contribution in [0.1, 0.15) is 30.9 Å². The summed E-state index contributed by atoms with van der Waals surface area (Å²) in [6.45, 7) is 6.53. The Bertz CT molecular complexity index is 891. The first kappa shape index (κ1) is 22.4. The van der Waals surface area contributed by atoms with Gasteiger partial charge in [-0.25, -0.2) is 4.79 Å². The summed E-state index contributed by atoms with van der Waals surface area (Å²) in [5, 5.41) is 5.77. The number of ether oxygens (including phenoxy) is 1. The topological polar surface area (TPSA) is 70.7 Å². The summed E-state index contributed by atoms with van der Waals surface area (Å²) in [5.74, 6) is 1.08. The van der Waals surface area contributed by atoms with E-state index in [-0.39, 0.29) is 17.9 Å². The van der Waals surface area contributed by atoms with Gasteiger partial charge >= 0.3 is 6.03 Å². The lowest BCUT2D eigenvalue weighted by Gasteiger charge is -2.32. The van der Waals surface area contributed by atoms with E-state index in [1.54, 1.807) is 6.08 Å². The maximum Gasteiger partial charge on any atom is 0.319 e. The number of aryl methyl sites for hydroxylation is 1. The van der Waals surface area contributed by atoms with Gasteiger partial charge in [0.1, 0.15) is 5.75 Å². The van der Waals surface area contributed by atoms with Gasteiger partial charge in [-0.1, -0.05) is 29.8 Å². The Morgan fingerprint density at radius 3 is 2.58 bits per heavy atom. The summed E-state index contributed by atoms with van der Waals surface area (Å²) >= 11 is 0. The minimum absolute atomic E-state index is 0.00249. The highest BCUT2D eigenvalue weighted by atomic mass is 16.5. The van der Waals surface area contributed by atoms with Crippen molar-refractivity contribution in [1.82, 2.24) is 10.2 Å². The normalized spacial score (nSPS) is 16.2. The molecule has 0 radical (unpaired) electrons. The van der Waals surface area contributed by atoms with Gasteiger partial charge < -0.3 is 20.3 Å². The van der Waals surface area contributed by atoms with E-state index in [4.69, 9.17) is 4.74 Å². The lowest BCUT2D eigenvalue weighted by molar-refractivity contribution is -0.127. The molecule has 0 saturated carbocycles. The SMILES string of the molecule is CCOc1ccc(/C=C/C(=O)N2CCC[C@H](CNC(=O)Nc3ccc(C)cc3)C2)cc1. The lowest BCUT2D eigenvalue weighted by atomic mass is 9.98. The van der Waals surface area contributed by atoms with E-state index in [1.165, 1.54) is 0 Å². The quantitative estimate of drug-likeness (QED) is 0.648. The largest absolute Gasteiger partial charge is 0.494 e. The number of rotatable bonds is 7. The Labute approximate surface area is 184 Å². The highest BCUT2D eigenvalue weighted by Gasteiger charge is 2.22. The van der Waals surface area contributed by atoms with Crippen molar-refractivity contribution < 1.29 is 14.3 Å². The average Bonchev–Trinajstić information content (AvgIpc) is 2.79. The van der Waals surface area contributed by atoms with E-state index in [9.17, 15) is 9.59 Å². The van der Waals surface area contributed by atoms with E-state index >= 15 is 0 Å². The van der Waals surface area contributed by atoms with E-state index in [1.807, 2.05) is 73.4 Å². The number of carbonyl (C=O) groups is 2. The third-order valence-corrected chi connectivity index (χ3v) is 5.30. The summed E-state index contributed by atoms with van der Waals surface area (Å²) in [6, 6.07) is 15.1. The number of carbonyl (C=O) groups excluding carboxylic acids is 2. The van der Waals surface area contributed by atoms with Crippen molar-refractivity contribution in [3.05, 3.63) is 65.7 Å². The first-order valence-electron chi connectivity index (χ1n) is 10.8. The molecule has 0 aromatic heterocycles. The molecule has 1 aliphatic rings. The predicted octanol–water partition coefficient (Wildman–Crippen LogP) is 4.47. The van der Waals surface area contributed by atoms with Crippen LogP contribution in [0.15, 0.2) is 54.6 Å². The number of anilines is 1. The molecule has 1 aliphatic heterocycles. The molecule has 1 saturated heterocycles. The van der Waals surface area contributed by atoms with Crippen molar-refractivity contribution in [1.29, 1.82) is 0 Å². The van der Waals surface area contributed by atoms with E-state index < -0.39 is 0 Å². The summed E-state index contributed by atoms with van der Waals surface area (Å²) < 4.78 is 5.44. The molecule has 3 amide bonds. The zero-order valence-corrected chi connectivity index (χ0v) is 18.3. The third kappa shape index (κ3) is 7.17. The van der Waals surface area contributed by atoms with E-state index in [0.717, 1.165) is 42.0 Å². The zero-order valence-electron chi connectivity index (χ0n) is 18.3. The molecule has 1 heterocycles. The number of nitrogens with zero attached hydrogens (tertiary/aromatic N) is 1. The number of urea groups is 1. The maximum atomic E-state index is 12.6.